The molecule has 0 saturated carbocycles. The second kappa shape index (κ2) is 11.2. The van der Waals surface area contributed by atoms with Crippen molar-refractivity contribution in [2.24, 2.45) is 0 Å². The first-order valence-electron chi connectivity index (χ1n) is 4.92. The van der Waals surface area contributed by atoms with E-state index in [9.17, 15) is 14.2 Å². The van der Waals surface area contributed by atoms with Gasteiger partial charge in [-0.2, -0.15) is 0 Å². The molecule has 0 aliphatic carbocycles. The van der Waals surface area contributed by atoms with Gasteiger partial charge in [0.15, 0.2) is 5.01 Å². The van der Waals surface area contributed by atoms with E-state index in [1.807, 2.05) is 0 Å². The third-order valence-electron chi connectivity index (χ3n) is 1.48. The number of halogens is 4. The molecule has 0 aromatic rings. The molecule has 0 spiro atoms. The van der Waals surface area contributed by atoms with Crippen LogP contribution < -0.4 is 0 Å². The number of rotatable bonds is 8. The Morgan fingerprint density at radius 2 is 1.52 bits per heavy atom. The van der Waals surface area contributed by atoms with Crippen LogP contribution in [0.5, 0.6) is 0 Å². The molecule has 0 fully saturated rings. The summed E-state index contributed by atoms with van der Waals surface area (Å²) in [7, 11) is -1.21. The van der Waals surface area contributed by atoms with E-state index in [-0.39, 0.29) is 12.8 Å². The van der Waals surface area contributed by atoms with Gasteiger partial charge in [0.1, 0.15) is 0 Å². The zero-order valence-electron chi connectivity index (χ0n) is 10.8. The van der Waals surface area contributed by atoms with Gasteiger partial charge in [-0.3, -0.25) is 23.2 Å². The van der Waals surface area contributed by atoms with Gasteiger partial charge >= 0.3 is 19.8 Å². The number of aliphatic carboxylic acids is 2. The highest BCUT2D eigenvalue weighted by molar-refractivity contribution is 9.13. The molecule has 1 unspecified atom stereocenters. The van der Waals surface area contributed by atoms with Gasteiger partial charge in [0.05, 0.1) is 12.8 Å². The molecule has 0 saturated heterocycles. The van der Waals surface area contributed by atoms with Gasteiger partial charge in [-0.05, 0) is 15.9 Å². The summed E-state index contributed by atoms with van der Waals surface area (Å²) in [6.45, 7) is 0. The van der Waals surface area contributed by atoms with Gasteiger partial charge < -0.3 is 10.2 Å². The molecule has 8 nitrogen and oxygen atoms in total. The summed E-state index contributed by atoms with van der Waals surface area (Å²) in [6, 6.07) is 0. The van der Waals surface area contributed by atoms with Gasteiger partial charge in [0.2, 0.25) is 3.24 Å². The lowest BCUT2D eigenvalue weighted by molar-refractivity contribution is -0.143. The number of hydrogen-bond acceptors (Lipinski definition) is 6. The molecule has 0 amide bonds. The quantitative estimate of drug-likeness (QED) is 0.385. The third-order valence-corrected chi connectivity index (χ3v) is 5.96. The Hall–Kier alpha value is 0.590. The lowest BCUT2D eigenvalue weighted by atomic mass is 10.3. The molecule has 1 atom stereocenters. The predicted octanol–water partition coefficient (Wildman–Crippen LogP) is 3.59. The SMILES string of the molecule is COP(=O)(OC)OC(Br)C(Cl)(Cl)Br.O=C(O)CCC(=O)O. The van der Waals surface area contributed by atoms with Crippen molar-refractivity contribution in [1.82, 2.24) is 0 Å². The molecule has 0 aromatic heterocycles. The molecule has 0 heterocycles. The molecule has 21 heavy (non-hydrogen) atoms. The fraction of sp³-hybridized carbons (Fsp3) is 0.750. The highest BCUT2D eigenvalue weighted by atomic mass is 79.9. The third kappa shape index (κ3) is 13.9. The molecule has 13 heteroatoms. The van der Waals surface area contributed by atoms with Crippen molar-refractivity contribution in [2.45, 2.75) is 21.1 Å². The van der Waals surface area contributed by atoms with Gasteiger partial charge in [0, 0.05) is 14.2 Å². The summed E-state index contributed by atoms with van der Waals surface area (Å²) in [5.41, 5.74) is 0. The summed E-state index contributed by atoms with van der Waals surface area (Å²) < 4.78 is 23.8. The van der Waals surface area contributed by atoms with Crippen LogP contribution in [-0.2, 0) is 27.7 Å². The van der Waals surface area contributed by atoms with Crippen molar-refractivity contribution >= 4 is 74.8 Å². The second-order valence-corrected chi connectivity index (χ2v) is 9.28. The van der Waals surface area contributed by atoms with Crippen molar-refractivity contribution in [2.75, 3.05) is 14.2 Å². The molecule has 0 radical (unpaired) electrons. The van der Waals surface area contributed by atoms with E-state index in [0.29, 0.717) is 0 Å². The predicted molar refractivity (Wildman–Crippen MR) is 83.3 cm³/mol. The van der Waals surface area contributed by atoms with E-state index in [0.717, 1.165) is 0 Å². The van der Waals surface area contributed by atoms with E-state index in [1.165, 1.54) is 14.2 Å². The topological polar surface area (TPSA) is 119 Å². The maximum absolute atomic E-state index is 11.4. The molecular formula is C8H13Br2Cl2O8P. The van der Waals surface area contributed by atoms with E-state index >= 15 is 0 Å². The summed E-state index contributed by atoms with van der Waals surface area (Å²) in [4.78, 5) is 19.3. The van der Waals surface area contributed by atoms with E-state index < -0.39 is 28.0 Å². The first-order chi connectivity index (χ1) is 9.38. The summed E-state index contributed by atoms with van der Waals surface area (Å²) in [5, 5.41) is 14.9. The van der Waals surface area contributed by atoms with Crippen molar-refractivity contribution < 1.29 is 37.9 Å². The van der Waals surface area contributed by atoms with E-state index in [4.69, 9.17) is 37.9 Å². The number of alkyl halides is 4. The maximum atomic E-state index is 11.4. The highest BCUT2D eigenvalue weighted by Gasteiger charge is 2.38. The first-order valence-corrected chi connectivity index (χ1v) is 8.84. The Labute approximate surface area is 147 Å². The zero-order valence-corrected chi connectivity index (χ0v) is 16.4. The fourth-order valence-electron chi connectivity index (χ4n) is 0.548. The highest BCUT2D eigenvalue weighted by Crippen LogP contribution is 2.53. The van der Waals surface area contributed by atoms with E-state index in [2.05, 4.69) is 40.9 Å². The van der Waals surface area contributed by atoms with Crippen LogP contribution in [0.1, 0.15) is 12.8 Å². The minimum atomic E-state index is -3.58. The van der Waals surface area contributed by atoms with Crippen molar-refractivity contribution in [3.8, 4) is 0 Å². The summed E-state index contributed by atoms with van der Waals surface area (Å²) in [5.74, 6) is -2.15. The van der Waals surface area contributed by atoms with Crippen molar-refractivity contribution in [1.29, 1.82) is 0 Å². The maximum Gasteiger partial charge on any atom is 0.475 e. The molecule has 0 aliphatic rings. The fourth-order valence-corrected chi connectivity index (χ4v) is 2.32. The largest absolute Gasteiger partial charge is 0.481 e. The van der Waals surface area contributed by atoms with Crippen molar-refractivity contribution in [3.63, 3.8) is 0 Å². The molecular weight excluding hydrogens is 486 g/mol. The minimum absolute atomic E-state index is 0.296. The minimum Gasteiger partial charge on any atom is -0.481 e. The summed E-state index contributed by atoms with van der Waals surface area (Å²) >= 11 is 17.0. The number of carbonyl (C=O) groups is 2. The van der Waals surface area contributed by atoms with Crippen LogP contribution in [0.4, 0.5) is 0 Å². The number of hydrogen-bond donors (Lipinski definition) is 2. The molecule has 0 aliphatic heterocycles. The Morgan fingerprint density at radius 1 is 1.19 bits per heavy atom. The molecule has 0 rings (SSSR count). The van der Waals surface area contributed by atoms with Gasteiger partial charge in [-0.1, -0.05) is 39.1 Å². The average molecular weight is 499 g/mol. The average Bonchev–Trinajstić information content (AvgIpc) is 2.35. The number of phosphoric acid groups is 1. The number of phosphoric ester groups is 1. The number of carboxylic acids is 2. The zero-order chi connectivity index (χ0) is 17.3. The lowest BCUT2D eigenvalue weighted by Crippen LogP contribution is -2.21. The molecule has 126 valence electrons. The van der Waals surface area contributed by atoms with Crippen LogP contribution in [0.25, 0.3) is 0 Å². The first kappa shape index (κ1) is 23.9. The standard InChI is InChI=1S/C4H7Br2Cl2O4P.C4H6O4/c1-10-13(9,11-2)12-3(5)4(6,7)8;5-3(6)1-2-4(7)8/h3H,1-2H3;1-2H2,(H,5,6)(H,7,8). The second-order valence-electron chi connectivity index (χ2n) is 3.06. The molecule has 0 bridgehead atoms. The van der Waals surface area contributed by atoms with Crippen LogP contribution in [-0.4, -0.2) is 44.6 Å². The Bertz CT molecular complexity index is 367. The van der Waals surface area contributed by atoms with Gasteiger partial charge in [-0.15, -0.1) is 0 Å². The van der Waals surface area contributed by atoms with Crippen LogP contribution >= 0.6 is 62.9 Å². The van der Waals surface area contributed by atoms with E-state index in [1.54, 1.807) is 0 Å². The van der Waals surface area contributed by atoms with Crippen LogP contribution in [0, 0.1) is 0 Å². The lowest BCUT2D eigenvalue weighted by Gasteiger charge is -2.22. The normalized spacial score (nSPS) is 13.0. The molecule has 0 aromatic carbocycles. The van der Waals surface area contributed by atoms with Gasteiger partial charge in [-0.25, -0.2) is 4.57 Å². The smallest absolute Gasteiger partial charge is 0.475 e. The summed E-state index contributed by atoms with van der Waals surface area (Å²) in [6.07, 6.45) is -0.593. The monoisotopic (exact) mass is 496 g/mol. The Kier molecular flexibility index (Phi) is 12.7. The van der Waals surface area contributed by atoms with Crippen molar-refractivity contribution in [3.05, 3.63) is 0 Å². The molecule has 2 N–H and O–H groups in total. The van der Waals surface area contributed by atoms with Gasteiger partial charge in [0.25, 0.3) is 0 Å². The number of carboxylic acid groups (broad SMARTS) is 2. The Balaban J connectivity index is 0. The Morgan fingerprint density at radius 3 is 1.71 bits per heavy atom. The van der Waals surface area contributed by atoms with Crippen LogP contribution in [0.3, 0.4) is 0 Å². The van der Waals surface area contributed by atoms with Crippen LogP contribution in [0.15, 0.2) is 0 Å². The van der Waals surface area contributed by atoms with Crippen LogP contribution in [0.2, 0.25) is 0 Å².